The first kappa shape index (κ1) is 12.2. The van der Waals surface area contributed by atoms with Gasteiger partial charge in [-0.1, -0.05) is 6.07 Å². The van der Waals surface area contributed by atoms with Crippen LogP contribution in [0.3, 0.4) is 0 Å². The summed E-state index contributed by atoms with van der Waals surface area (Å²) in [5.41, 5.74) is 0. The Labute approximate surface area is 95.2 Å². The van der Waals surface area contributed by atoms with Crippen molar-refractivity contribution in [2.24, 2.45) is 5.16 Å². The molecule has 1 unspecified atom stereocenters. The Morgan fingerprint density at radius 3 is 2.88 bits per heavy atom. The molecular weight excluding hydrogens is 232 g/mol. The van der Waals surface area contributed by atoms with E-state index in [4.69, 9.17) is 10.3 Å². The molecule has 1 rings (SSSR count). The van der Waals surface area contributed by atoms with E-state index in [1.54, 1.807) is 17.5 Å². The van der Waals surface area contributed by atoms with Gasteiger partial charge in [0.15, 0.2) is 0 Å². The lowest BCUT2D eigenvalue weighted by atomic mass is 10.1. The molecule has 1 heterocycles. The van der Waals surface area contributed by atoms with Crippen molar-refractivity contribution in [3.05, 3.63) is 22.4 Å². The number of oxime groups is 1. The molecule has 16 heavy (non-hydrogen) atoms. The summed E-state index contributed by atoms with van der Waals surface area (Å²) in [7, 11) is 0. The maximum atomic E-state index is 11.6. The van der Waals surface area contributed by atoms with E-state index >= 15 is 0 Å². The fourth-order valence-corrected chi connectivity index (χ4v) is 1.86. The lowest BCUT2D eigenvalue weighted by molar-refractivity contribution is -0.137. The van der Waals surface area contributed by atoms with E-state index in [-0.39, 0.29) is 0 Å². The van der Waals surface area contributed by atoms with Crippen LogP contribution in [-0.4, -0.2) is 34.9 Å². The van der Waals surface area contributed by atoms with E-state index in [9.17, 15) is 9.59 Å². The predicted octanol–water partition coefficient (Wildman–Crippen LogP) is 0.493. The van der Waals surface area contributed by atoms with E-state index in [0.717, 1.165) is 6.21 Å². The minimum Gasteiger partial charge on any atom is -0.480 e. The molecule has 0 saturated carbocycles. The van der Waals surface area contributed by atoms with E-state index < -0.39 is 24.3 Å². The summed E-state index contributed by atoms with van der Waals surface area (Å²) in [5, 5.41) is 23.7. The van der Waals surface area contributed by atoms with Gasteiger partial charge in [-0.05, 0) is 11.4 Å². The zero-order valence-electron chi connectivity index (χ0n) is 8.16. The average molecular weight is 242 g/mol. The highest BCUT2D eigenvalue weighted by Crippen LogP contribution is 2.19. The topological polar surface area (TPSA) is 99.0 Å². The van der Waals surface area contributed by atoms with Crippen LogP contribution in [0.25, 0.3) is 0 Å². The number of aliphatic carboxylic acids is 1. The van der Waals surface area contributed by atoms with Gasteiger partial charge in [-0.15, -0.1) is 16.5 Å². The number of carboxylic acids is 1. The standard InChI is InChI=1S/C9H10N2O4S/c12-8(13)5-10-9(14)6(4-11-15)7-2-1-3-16-7/h1-4,6,15H,5H2,(H,10,14)(H,12,13)/b11-4-. The molecule has 6 nitrogen and oxygen atoms in total. The lowest BCUT2D eigenvalue weighted by Crippen LogP contribution is -2.33. The number of thiophene rings is 1. The molecule has 0 spiro atoms. The van der Waals surface area contributed by atoms with Crippen molar-refractivity contribution in [1.29, 1.82) is 0 Å². The van der Waals surface area contributed by atoms with E-state index in [1.807, 2.05) is 0 Å². The summed E-state index contributed by atoms with van der Waals surface area (Å²) < 4.78 is 0. The van der Waals surface area contributed by atoms with Gasteiger partial charge in [0, 0.05) is 4.88 Å². The fraction of sp³-hybridized carbons (Fsp3) is 0.222. The number of carbonyl (C=O) groups excluding carboxylic acids is 1. The van der Waals surface area contributed by atoms with Crippen LogP contribution in [0.2, 0.25) is 0 Å². The molecule has 0 aliphatic rings. The van der Waals surface area contributed by atoms with Crippen molar-refractivity contribution >= 4 is 29.4 Å². The fourth-order valence-electron chi connectivity index (χ4n) is 1.08. The van der Waals surface area contributed by atoms with Gasteiger partial charge < -0.3 is 15.6 Å². The lowest BCUT2D eigenvalue weighted by Gasteiger charge is -2.08. The molecule has 0 aromatic carbocycles. The van der Waals surface area contributed by atoms with E-state index in [0.29, 0.717) is 4.88 Å². The predicted molar refractivity (Wildman–Crippen MR) is 58.0 cm³/mol. The highest BCUT2D eigenvalue weighted by atomic mass is 32.1. The Bertz CT molecular complexity index is 388. The maximum Gasteiger partial charge on any atom is 0.322 e. The number of hydrogen-bond acceptors (Lipinski definition) is 5. The minimum absolute atomic E-state index is 0.458. The Morgan fingerprint density at radius 2 is 2.38 bits per heavy atom. The molecule has 1 atom stereocenters. The van der Waals surface area contributed by atoms with Gasteiger partial charge in [0.2, 0.25) is 5.91 Å². The Balaban J connectivity index is 2.71. The smallest absolute Gasteiger partial charge is 0.322 e. The molecule has 0 fully saturated rings. The third-order valence-corrected chi connectivity index (χ3v) is 2.72. The van der Waals surface area contributed by atoms with Gasteiger partial charge >= 0.3 is 5.97 Å². The molecule has 86 valence electrons. The number of carbonyl (C=O) groups is 2. The van der Waals surface area contributed by atoms with Crippen LogP contribution in [0.5, 0.6) is 0 Å². The molecular formula is C9H10N2O4S. The molecule has 1 aromatic heterocycles. The molecule has 0 radical (unpaired) electrons. The third kappa shape index (κ3) is 3.35. The quantitative estimate of drug-likeness (QED) is 0.397. The number of nitrogens with one attached hydrogen (secondary N) is 1. The molecule has 1 aromatic rings. The highest BCUT2D eigenvalue weighted by Gasteiger charge is 2.20. The molecule has 7 heteroatoms. The second kappa shape index (κ2) is 5.86. The van der Waals surface area contributed by atoms with Gasteiger partial charge in [0.05, 0.1) is 6.21 Å². The summed E-state index contributed by atoms with van der Waals surface area (Å²) >= 11 is 1.32. The maximum absolute atomic E-state index is 11.6. The highest BCUT2D eigenvalue weighted by molar-refractivity contribution is 7.10. The van der Waals surface area contributed by atoms with Crippen molar-refractivity contribution in [3.63, 3.8) is 0 Å². The third-order valence-electron chi connectivity index (χ3n) is 1.76. The van der Waals surface area contributed by atoms with Gasteiger partial charge in [0.1, 0.15) is 12.5 Å². The number of amides is 1. The summed E-state index contributed by atoms with van der Waals surface area (Å²) in [6.07, 6.45) is 1.06. The Hall–Kier alpha value is -1.89. The monoisotopic (exact) mass is 242 g/mol. The average Bonchev–Trinajstić information content (AvgIpc) is 2.75. The Kier molecular flexibility index (Phi) is 4.46. The minimum atomic E-state index is -1.13. The molecule has 0 bridgehead atoms. The summed E-state index contributed by atoms with van der Waals surface area (Å²) in [6.45, 7) is -0.458. The number of rotatable bonds is 5. The Morgan fingerprint density at radius 1 is 1.62 bits per heavy atom. The van der Waals surface area contributed by atoms with Gasteiger partial charge in [-0.3, -0.25) is 9.59 Å². The van der Waals surface area contributed by atoms with Gasteiger partial charge in [-0.25, -0.2) is 0 Å². The van der Waals surface area contributed by atoms with Crippen molar-refractivity contribution in [1.82, 2.24) is 5.32 Å². The first-order valence-electron chi connectivity index (χ1n) is 4.35. The van der Waals surface area contributed by atoms with Crippen LogP contribution in [0.4, 0.5) is 0 Å². The van der Waals surface area contributed by atoms with Crippen molar-refractivity contribution < 1.29 is 19.9 Å². The van der Waals surface area contributed by atoms with Crippen LogP contribution in [0.1, 0.15) is 10.8 Å². The molecule has 0 saturated heterocycles. The van der Waals surface area contributed by atoms with Crippen molar-refractivity contribution in [2.75, 3.05) is 6.54 Å². The van der Waals surface area contributed by atoms with E-state index in [2.05, 4.69) is 10.5 Å². The second-order valence-corrected chi connectivity index (χ2v) is 3.85. The van der Waals surface area contributed by atoms with Crippen molar-refractivity contribution in [2.45, 2.75) is 5.92 Å². The van der Waals surface area contributed by atoms with Crippen LogP contribution >= 0.6 is 11.3 Å². The summed E-state index contributed by atoms with van der Waals surface area (Å²) in [4.78, 5) is 22.5. The first-order chi connectivity index (χ1) is 7.65. The zero-order valence-corrected chi connectivity index (χ0v) is 8.98. The van der Waals surface area contributed by atoms with Crippen LogP contribution in [0, 0.1) is 0 Å². The van der Waals surface area contributed by atoms with E-state index in [1.165, 1.54) is 11.3 Å². The van der Waals surface area contributed by atoms with Crippen LogP contribution in [-0.2, 0) is 9.59 Å². The molecule has 1 amide bonds. The summed E-state index contributed by atoms with van der Waals surface area (Å²) in [6, 6.07) is 3.46. The normalized spacial score (nSPS) is 12.5. The SMILES string of the molecule is O=C(O)CNC(=O)C(/C=N\O)c1cccs1. The first-order valence-corrected chi connectivity index (χ1v) is 5.23. The molecule has 0 aliphatic carbocycles. The number of hydrogen-bond donors (Lipinski definition) is 3. The van der Waals surface area contributed by atoms with Gasteiger partial charge in [-0.2, -0.15) is 0 Å². The second-order valence-electron chi connectivity index (χ2n) is 2.87. The van der Waals surface area contributed by atoms with Crippen LogP contribution in [0.15, 0.2) is 22.7 Å². The van der Waals surface area contributed by atoms with Crippen LogP contribution < -0.4 is 5.32 Å². The summed E-state index contributed by atoms with van der Waals surface area (Å²) in [5.74, 6) is -2.40. The number of carboxylic acid groups (broad SMARTS) is 1. The zero-order chi connectivity index (χ0) is 12.0. The van der Waals surface area contributed by atoms with Crippen molar-refractivity contribution in [3.8, 4) is 0 Å². The number of nitrogens with zero attached hydrogens (tertiary/aromatic N) is 1. The largest absolute Gasteiger partial charge is 0.480 e. The molecule has 3 N–H and O–H groups in total. The van der Waals surface area contributed by atoms with Gasteiger partial charge in [0.25, 0.3) is 0 Å². The molecule has 0 aliphatic heterocycles.